The van der Waals surface area contributed by atoms with Gasteiger partial charge in [0.1, 0.15) is 5.75 Å². The predicted molar refractivity (Wildman–Crippen MR) is 69.1 cm³/mol. The van der Waals surface area contributed by atoms with Crippen molar-refractivity contribution < 1.29 is 19.6 Å². The molecule has 2 aromatic rings. The molecule has 0 bridgehead atoms. The van der Waals surface area contributed by atoms with Crippen LogP contribution in [0, 0.1) is 17.0 Å². The van der Waals surface area contributed by atoms with Crippen LogP contribution in [0.2, 0.25) is 0 Å². The van der Waals surface area contributed by atoms with Gasteiger partial charge in [0, 0.05) is 30.1 Å². The highest BCUT2D eigenvalue weighted by molar-refractivity contribution is 5.88. The van der Waals surface area contributed by atoms with Gasteiger partial charge >= 0.3 is 11.7 Å². The number of ether oxygens (including phenoxy) is 1. The zero-order valence-corrected chi connectivity index (χ0v) is 10.4. The Morgan fingerprint density at radius 1 is 1.35 bits per heavy atom. The number of nitro groups is 1. The van der Waals surface area contributed by atoms with Crippen LogP contribution >= 0.6 is 0 Å². The smallest absolute Gasteiger partial charge is 0.335 e. The SMILES string of the molecule is Cc1cc(Oc2cc(C(=O)O)ccc2[N+](=O)[O-])ccn1. The van der Waals surface area contributed by atoms with Gasteiger partial charge in [0.25, 0.3) is 0 Å². The van der Waals surface area contributed by atoms with E-state index < -0.39 is 10.9 Å². The first-order valence-corrected chi connectivity index (χ1v) is 5.59. The minimum atomic E-state index is -1.18. The first-order valence-electron chi connectivity index (χ1n) is 5.59. The second-order valence-corrected chi connectivity index (χ2v) is 3.98. The maximum Gasteiger partial charge on any atom is 0.335 e. The molecule has 0 aliphatic rings. The Kier molecular flexibility index (Phi) is 3.60. The highest BCUT2D eigenvalue weighted by atomic mass is 16.6. The molecule has 0 aliphatic carbocycles. The molecule has 7 heteroatoms. The summed E-state index contributed by atoms with van der Waals surface area (Å²) in [6.45, 7) is 1.74. The summed E-state index contributed by atoms with van der Waals surface area (Å²) in [5.74, 6) is -0.959. The molecule has 0 atom stereocenters. The van der Waals surface area contributed by atoms with Crippen LogP contribution in [0.15, 0.2) is 36.5 Å². The zero-order chi connectivity index (χ0) is 14.7. The van der Waals surface area contributed by atoms with Gasteiger partial charge in [0.2, 0.25) is 5.75 Å². The number of carbonyl (C=O) groups is 1. The van der Waals surface area contributed by atoms with Crippen molar-refractivity contribution in [2.24, 2.45) is 0 Å². The van der Waals surface area contributed by atoms with Crippen LogP contribution in [0.4, 0.5) is 5.69 Å². The minimum Gasteiger partial charge on any atom is -0.478 e. The molecular formula is C13H10N2O5. The van der Waals surface area contributed by atoms with E-state index in [0.717, 1.165) is 18.2 Å². The standard InChI is InChI=1S/C13H10N2O5/c1-8-6-10(4-5-14-8)20-12-7-9(13(16)17)2-3-11(12)15(18)19/h2-7H,1H3,(H,16,17). The summed E-state index contributed by atoms with van der Waals surface area (Å²) in [6, 6.07) is 6.51. The monoisotopic (exact) mass is 274 g/mol. The second-order valence-electron chi connectivity index (χ2n) is 3.98. The van der Waals surface area contributed by atoms with Gasteiger partial charge in [-0.2, -0.15) is 0 Å². The average molecular weight is 274 g/mol. The van der Waals surface area contributed by atoms with E-state index in [1.54, 1.807) is 13.0 Å². The second kappa shape index (κ2) is 5.35. The van der Waals surface area contributed by atoms with Gasteiger partial charge in [-0.05, 0) is 19.1 Å². The molecule has 1 aromatic heterocycles. The third-order valence-corrected chi connectivity index (χ3v) is 2.50. The van der Waals surface area contributed by atoms with E-state index in [-0.39, 0.29) is 17.0 Å². The first kappa shape index (κ1) is 13.5. The van der Waals surface area contributed by atoms with Crippen LogP contribution in [-0.2, 0) is 0 Å². The van der Waals surface area contributed by atoms with Crippen LogP contribution in [-0.4, -0.2) is 21.0 Å². The Morgan fingerprint density at radius 3 is 2.70 bits per heavy atom. The van der Waals surface area contributed by atoms with E-state index in [0.29, 0.717) is 11.4 Å². The number of carboxylic acids is 1. The molecule has 0 amide bonds. The maximum absolute atomic E-state index is 10.9. The van der Waals surface area contributed by atoms with Crippen LogP contribution < -0.4 is 4.74 Å². The molecule has 20 heavy (non-hydrogen) atoms. The first-order chi connectivity index (χ1) is 9.47. The van der Waals surface area contributed by atoms with Gasteiger partial charge in [-0.25, -0.2) is 4.79 Å². The van der Waals surface area contributed by atoms with Crippen molar-refractivity contribution in [3.05, 3.63) is 57.9 Å². The quantitative estimate of drug-likeness (QED) is 0.679. The third-order valence-electron chi connectivity index (χ3n) is 2.50. The molecule has 7 nitrogen and oxygen atoms in total. The predicted octanol–water partition coefficient (Wildman–Crippen LogP) is 2.79. The van der Waals surface area contributed by atoms with Crippen molar-refractivity contribution in [1.29, 1.82) is 0 Å². The van der Waals surface area contributed by atoms with Gasteiger partial charge in [0.15, 0.2) is 0 Å². The fourth-order valence-electron chi connectivity index (χ4n) is 1.59. The van der Waals surface area contributed by atoms with E-state index in [1.807, 2.05) is 0 Å². The largest absolute Gasteiger partial charge is 0.478 e. The van der Waals surface area contributed by atoms with Crippen LogP contribution in [0.25, 0.3) is 0 Å². The molecule has 0 saturated carbocycles. The Labute approximate surface area is 113 Å². The lowest BCUT2D eigenvalue weighted by atomic mass is 10.2. The summed E-state index contributed by atoms with van der Waals surface area (Å²) in [5, 5.41) is 19.8. The van der Waals surface area contributed by atoms with Gasteiger partial charge in [0.05, 0.1) is 10.5 Å². The number of nitro benzene ring substituents is 1. The van der Waals surface area contributed by atoms with Crippen molar-refractivity contribution in [3.8, 4) is 11.5 Å². The summed E-state index contributed by atoms with van der Waals surface area (Å²) in [5.41, 5.74) is 0.292. The number of hydrogen-bond donors (Lipinski definition) is 1. The topological polar surface area (TPSA) is 103 Å². The zero-order valence-electron chi connectivity index (χ0n) is 10.4. The molecule has 1 N–H and O–H groups in total. The fraction of sp³-hybridized carbons (Fsp3) is 0.0769. The van der Waals surface area contributed by atoms with Crippen molar-refractivity contribution >= 4 is 11.7 Å². The van der Waals surface area contributed by atoms with E-state index in [1.165, 1.54) is 12.3 Å². The third kappa shape index (κ3) is 2.89. The number of benzene rings is 1. The van der Waals surface area contributed by atoms with Gasteiger partial charge in [-0.3, -0.25) is 15.1 Å². The molecule has 102 valence electrons. The van der Waals surface area contributed by atoms with Gasteiger partial charge in [-0.1, -0.05) is 0 Å². The minimum absolute atomic E-state index is 0.0867. The van der Waals surface area contributed by atoms with Crippen molar-refractivity contribution in [2.75, 3.05) is 0 Å². The Bertz CT molecular complexity index is 684. The van der Waals surface area contributed by atoms with Crippen molar-refractivity contribution in [2.45, 2.75) is 6.92 Å². The van der Waals surface area contributed by atoms with Gasteiger partial charge in [-0.15, -0.1) is 0 Å². The normalized spacial score (nSPS) is 10.1. The molecular weight excluding hydrogens is 264 g/mol. The number of aryl methyl sites for hydroxylation is 1. The number of hydrogen-bond acceptors (Lipinski definition) is 5. The summed E-state index contributed by atoms with van der Waals surface area (Å²) in [7, 11) is 0. The van der Waals surface area contributed by atoms with Gasteiger partial charge < -0.3 is 9.84 Å². The Morgan fingerprint density at radius 2 is 2.10 bits per heavy atom. The summed E-state index contributed by atoms with van der Waals surface area (Å²) in [6.07, 6.45) is 1.50. The molecule has 1 heterocycles. The molecule has 2 rings (SSSR count). The molecule has 0 spiro atoms. The van der Waals surface area contributed by atoms with Crippen LogP contribution in [0.5, 0.6) is 11.5 Å². The number of pyridine rings is 1. The number of aromatic carboxylic acids is 1. The van der Waals surface area contributed by atoms with E-state index >= 15 is 0 Å². The summed E-state index contributed by atoms with van der Waals surface area (Å²) >= 11 is 0. The van der Waals surface area contributed by atoms with E-state index in [4.69, 9.17) is 9.84 Å². The maximum atomic E-state index is 10.9. The van der Waals surface area contributed by atoms with Crippen LogP contribution in [0.1, 0.15) is 16.1 Å². The summed E-state index contributed by atoms with van der Waals surface area (Å²) in [4.78, 5) is 25.2. The molecule has 0 radical (unpaired) electrons. The Balaban J connectivity index is 2.44. The molecule has 0 aliphatic heterocycles. The number of aromatic nitrogens is 1. The van der Waals surface area contributed by atoms with Crippen LogP contribution in [0.3, 0.4) is 0 Å². The Hall–Kier alpha value is -2.96. The highest BCUT2D eigenvalue weighted by Gasteiger charge is 2.18. The van der Waals surface area contributed by atoms with Crippen molar-refractivity contribution in [1.82, 2.24) is 4.98 Å². The number of rotatable bonds is 4. The lowest BCUT2D eigenvalue weighted by Gasteiger charge is -2.07. The number of carboxylic acid groups (broad SMARTS) is 1. The lowest BCUT2D eigenvalue weighted by Crippen LogP contribution is -1.99. The molecule has 1 aromatic carbocycles. The number of nitrogens with zero attached hydrogens (tertiary/aromatic N) is 2. The molecule has 0 fully saturated rings. The average Bonchev–Trinajstić information content (AvgIpc) is 2.38. The van der Waals surface area contributed by atoms with E-state index in [9.17, 15) is 14.9 Å². The lowest BCUT2D eigenvalue weighted by molar-refractivity contribution is -0.385. The highest BCUT2D eigenvalue weighted by Crippen LogP contribution is 2.32. The molecule has 0 saturated heterocycles. The van der Waals surface area contributed by atoms with Crippen molar-refractivity contribution in [3.63, 3.8) is 0 Å². The molecule has 0 unspecified atom stereocenters. The van der Waals surface area contributed by atoms with E-state index in [2.05, 4.69) is 4.98 Å². The fourth-order valence-corrected chi connectivity index (χ4v) is 1.59. The summed E-state index contributed by atoms with van der Waals surface area (Å²) < 4.78 is 5.40.